The zero-order valence-electron chi connectivity index (χ0n) is 27.7. The Hall–Kier alpha value is -5.03. The van der Waals surface area contributed by atoms with Crippen LogP contribution in [0.25, 0.3) is 44.8 Å². The van der Waals surface area contributed by atoms with Gasteiger partial charge in [0.1, 0.15) is 11.4 Å². The summed E-state index contributed by atoms with van der Waals surface area (Å²) >= 11 is 0. The van der Waals surface area contributed by atoms with Gasteiger partial charge >= 0.3 is 0 Å². The van der Waals surface area contributed by atoms with E-state index in [2.05, 4.69) is 154 Å². The van der Waals surface area contributed by atoms with Crippen LogP contribution in [0, 0.1) is 6.92 Å². The number of imidazole rings is 1. The van der Waals surface area contributed by atoms with Crippen LogP contribution in [0.4, 0.5) is 0 Å². The number of nitrogens with zero attached hydrogens (tertiary/aromatic N) is 4. The van der Waals surface area contributed by atoms with Crippen LogP contribution in [0.5, 0.6) is 0 Å². The van der Waals surface area contributed by atoms with E-state index in [0.29, 0.717) is 5.71 Å². The molecule has 0 aliphatic heterocycles. The molecule has 0 saturated carbocycles. The largest absolute Gasteiger partial charge is 0.437 e. The summed E-state index contributed by atoms with van der Waals surface area (Å²) < 4.78 is 11.1. The van der Waals surface area contributed by atoms with Crippen molar-refractivity contribution in [3.05, 3.63) is 138 Å². The molecule has 0 aliphatic carbocycles. The predicted octanol–water partition coefficient (Wildman–Crippen LogP) is 9.99. The van der Waals surface area contributed by atoms with E-state index >= 15 is 0 Å². The number of aryl methyl sites for hydroxylation is 1. The lowest BCUT2D eigenvalue weighted by Gasteiger charge is -2.23. The molecule has 0 unspecified atom stereocenters. The summed E-state index contributed by atoms with van der Waals surface area (Å²) in [5.74, 6) is 1.50. The average Bonchev–Trinajstić information content (AvgIpc) is 3.67. The first kappa shape index (κ1) is 29.7. The van der Waals surface area contributed by atoms with Gasteiger partial charge in [-0.1, -0.05) is 94.4 Å². The second-order valence-electron chi connectivity index (χ2n) is 13.5. The Bertz CT molecular complexity index is 2160. The standard InChI is InChI=1S/C41H41N4O/c1-26(2)33-23-44(30-17-12-9-13-18-30)24-34(27(3)4)37(33)45-25-36(43-39(45)29-15-10-8-11-16-29)41(6,7)35-20-14-19-31-32-22-21-28(5)42-40(32)46-38(31)35/h8-27H,1-7H3/q+1. The van der Waals surface area contributed by atoms with Gasteiger partial charge in [-0.3, -0.25) is 4.57 Å². The molecule has 46 heavy (non-hydrogen) atoms. The molecule has 4 heterocycles. The van der Waals surface area contributed by atoms with Crippen molar-refractivity contribution in [3.8, 4) is 22.8 Å². The highest BCUT2D eigenvalue weighted by Crippen LogP contribution is 2.41. The Morgan fingerprint density at radius 2 is 1.37 bits per heavy atom. The Labute approximate surface area is 271 Å². The maximum Gasteiger partial charge on any atom is 0.227 e. The van der Waals surface area contributed by atoms with Gasteiger partial charge in [0, 0.05) is 62.5 Å². The van der Waals surface area contributed by atoms with Crippen molar-refractivity contribution in [2.45, 2.75) is 65.7 Å². The van der Waals surface area contributed by atoms with E-state index < -0.39 is 5.41 Å². The fraction of sp³-hybridized carbons (Fsp3) is 0.244. The molecule has 0 radical (unpaired) electrons. The maximum absolute atomic E-state index is 6.49. The first-order valence-electron chi connectivity index (χ1n) is 16.2. The molecule has 4 aromatic heterocycles. The molecule has 7 aromatic rings. The quantitative estimate of drug-likeness (QED) is 0.170. The Morgan fingerprint density at radius 3 is 2.02 bits per heavy atom. The predicted molar refractivity (Wildman–Crippen MR) is 187 cm³/mol. The maximum atomic E-state index is 6.49. The lowest BCUT2D eigenvalue weighted by molar-refractivity contribution is -0.596. The first-order chi connectivity index (χ1) is 22.1. The number of benzene rings is 3. The normalized spacial score (nSPS) is 12.2. The summed E-state index contributed by atoms with van der Waals surface area (Å²) in [5, 5.41) is 2.11. The smallest absolute Gasteiger partial charge is 0.227 e. The van der Waals surface area contributed by atoms with Crippen molar-refractivity contribution in [3.63, 3.8) is 0 Å². The average molecular weight is 606 g/mol. The molecule has 0 atom stereocenters. The zero-order chi connectivity index (χ0) is 32.2. The fourth-order valence-electron chi connectivity index (χ4n) is 6.54. The summed E-state index contributed by atoms with van der Waals surface area (Å²) in [4.78, 5) is 10.2. The first-order valence-corrected chi connectivity index (χ1v) is 16.2. The molecule has 0 saturated heterocycles. The van der Waals surface area contributed by atoms with Crippen LogP contribution in [0.3, 0.4) is 0 Å². The van der Waals surface area contributed by atoms with Crippen LogP contribution < -0.4 is 4.57 Å². The van der Waals surface area contributed by atoms with Gasteiger partial charge in [0.25, 0.3) is 0 Å². The second kappa shape index (κ2) is 11.4. The summed E-state index contributed by atoms with van der Waals surface area (Å²) in [5.41, 5.74) is 10.1. The number of para-hydroxylation sites is 2. The van der Waals surface area contributed by atoms with Gasteiger partial charge in [-0.15, -0.1) is 0 Å². The van der Waals surface area contributed by atoms with Crippen LogP contribution in [0.1, 0.15) is 81.5 Å². The summed E-state index contributed by atoms with van der Waals surface area (Å²) in [6, 6.07) is 31.7. The highest BCUT2D eigenvalue weighted by molar-refractivity contribution is 6.05. The molecule has 5 heteroatoms. The third-order valence-electron chi connectivity index (χ3n) is 9.20. The Morgan fingerprint density at radius 1 is 0.717 bits per heavy atom. The lowest BCUT2D eigenvalue weighted by atomic mass is 9.81. The van der Waals surface area contributed by atoms with E-state index in [1.165, 1.54) is 16.8 Å². The molecule has 0 aliphatic rings. The van der Waals surface area contributed by atoms with Crippen molar-refractivity contribution >= 4 is 22.1 Å². The number of hydrogen-bond acceptors (Lipinski definition) is 3. The lowest BCUT2D eigenvalue weighted by Crippen LogP contribution is -2.33. The number of hydrogen-bond donors (Lipinski definition) is 0. The van der Waals surface area contributed by atoms with Crippen LogP contribution in [0.15, 0.2) is 114 Å². The summed E-state index contributed by atoms with van der Waals surface area (Å²) in [7, 11) is 0. The number of pyridine rings is 2. The molecule has 5 nitrogen and oxygen atoms in total. The molecule has 230 valence electrons. The van der Waals surface area contributed by atoms with Crippen molar-refractivity contribution < 1.29 is 8.98 Å². The summed E-state index contributed by atoms with van der Waals surface area (Å²) in [6.07, 6.45) is 6.85. The third-order valence-corrected chi connectivity index (χ3v) is 9.20. The van der Waals surface area contributed by atoms with Crippen LogP contribution >= 0.6 is 0 Å². The van der Waals surface area contributed by atoms with E-state index in [9.17, 15) is 0 Å². The van der Waals surface area contributed by atoms with Gasteiger partial charge in [-0.05, 0) is 44.7 Å². The topological polar surface area (TPSA) is 47.7 Å². The van der Waals surface area contributed by atoms with Gasteiger partial charge < -0.3 is 4.42 Å². The molecule has 3 aromatic carbocycles. The van der Waals surface area contributed by atoms with Crippen molar-refractivity contribution in [1.82, 2.24) is 14.5 Å². The van der Waals surface area contributed by atoms with Crippen LogP contribution in [0.2, 0.25) is 0 Å². The molecule has 0 spiro atoms. The van der Waals surface area contributed by atoms with Gasteiger partial charge in [-0.25, -0.2) is 9.97 Å². The zero-order valence-corrected chi connectivity index (χ0v) is 27.7. The van der Waals surface area contributed by atoms with E-state index in [-0.39, 0.29) is 11.8 Å². The molecular weight excluding hydrogens is 564 g/mol. The van der Waals surface area contributed by atoms with Crippen LogP contribution in [-0.4, -0.2) is 14.5 Å². The minimum atomic E-state index is -0.466. The third kappa shape index (κ3) is 5.00. The van der Waals surface area contributed by atoms with E-state index in [0.717, 1.165) is 50.4 Å². The van der Waals surface area contributed by atoms with Crippen LogP contribution in [-0.2, 0) is 5.41 Å². The highest BCUT2D eigenvalue weighted by Gasteiger charge is 2.33. The minimum absolute atomic E-state index is 0.284. The fourth-order valence-corrected chi connectivity index (χ4v) is 6.54. The Kier molecular flexibility index (Phi) is 7.35. The van der Waals surface area contributed by atoms with Gasteiger partial charge in [0.05, 0.1) is 11.4 Å². The van der Waals surface area contributed by atoms with E-state index in [1.54, 1.807) is 0 Å². The second-order valence-corrected chi connectivity index (χ2v) is 13.5. The van der Waals surface area contributed by atoms with Gasteiger partial charge in [-0.2, -0.15) is 4.57 Å². The van der Waals surface area contributed by atoms with Crippen molar-refractivity contribution in [1.29, 1.82) is 0 Å². The highest BCUT2D eigenvalue weighted by atomic mass is 16.3. The number of fused-ring (bicyclic) bond motifs is 3. The number of furan rings is 1. The van der Waals surface area contributed by atoms with E-state index in [1.807, 2.05) is 13.0 Å². The molecular formula is C41H41N4O+. The molecule has 0 amide bonds. The van der Waals surface area contributed by atoms with E-state index in [4.69, 9.17) is 14.4 Å². The minimum Gasteiger partial charge on any atom is -0.437 e. The number of aromatic nitrogens is 4. The van der Waals surface area contributed by atoms with Crippen molar-refractivity contribution in [2.24, 2.45) is 0 Å². The monoisotopic (exact) mass is 605 g/mol. The molecule has 7 rings (SSSR count). The number of rotatable bonds is 7. The molecule has 0 bridgehead atoms. The summed E-state index contributed by atoms with van der Waals surface area (Å²) in [6.45, 7) is 15.6. The van der Waals surface area contributed by atoms with Crippen molar-refractivity contribution in [2.75, 3.05) is 0 Å². The van der Waals surface area contributed by atoms with Gasteiger partial charge in [0.2, 0.25) is 11.4 Å². The molecule has 0 N–H and O–H groups in total. The SMILES string of the molecule is Cc1ccc2c(n1)oc1c(C(C)(C)c3cn(-c4c(C(C)C)c[n+](-c5ccccc5)cc4C(C)C)c(-c4ccccc4)n3)cccc12. The van der Waals surface area contributed by atoms with Gasteiger partial charge in [0.15, 0.2) is 12.4 Å². The molecule has 0 fully saturated rings. The Balaban J connectivity index is 1.49.